The molecule has 1 aliphatic rings. The first kappa shape index (κ1) is 14.6. The van der Waals surface area contributed by atoms with Gasteiger partial charge in [-0.25, -0.2) is 0 Å². The van der Waals surface area contributed by atoms with Crippen LogP contribution in [0.15, 0.2) is 78.5 Å². The molecule has 22 heavy (non-hydrogen) atoms. The van der Waals surface area contributed by atoms with Crippen LogP contribution in [0.4, 0.5) is 5.69 Å². The van der Waals surface area contributed by atoms with Crippen LogP contribution in [0, 0.1) is 5.41 Å². The molecule has 2 aromatic rings. The van der Waals surface area contributed by atoms with E-state index in [1.165, 1.54) is 29.5 Å². The zero-order valence-electron chi connectivity index (χ0n) is 13.3. The summed E-state index contributed by atoms with van der Waals surface area (Å²) < 4.78 is 0. The summed E-state index contributed by atoms with van der Waals surface area (Å²) in [5, 5.41) is 3.40. The maximum atomic E-state index is 3.40. The molecule has 0 heterocycles. The van der Waals surface area contributed by atoms with Crippen molar-refractivity contribution >= 4 is 5.69 Å². The smallest absolute Gasteiger partial charge is 0.0385 e. The van der Waals surface area contributed by atoms with Gasteiger partial charge >= 0.3 is 0 Å². The summed E-state index contributed by atoms with van der Waals surface area (Å²) in [5.41, 5.74) is 5.45. The Balaban J connectivity index is 1.71. The third kappa shape index (κ3) is 3.30. The van der Waals surface area contributed by atoms with Crippen molar-refractivity contribution in [1.29, 1.82) is 0 Å². The molecule has 0 spiro atoms. The Labute approximate surface area is 133 Å². The summed E-state index contributed by atoms with van der Waals surface area (Å²) in [4.78, 5) is 0. The highest BCUT2D eigenvalue weighted by Gasteiger charge is 2.39. The van der Waals surface area contributed by atoms with Gasteiger partial charge in [-0.3, -0.25) is 0 Å². The van der Waals surface area contributed by atoms with Crippen LogP contribution in [0.1, 0.15) is 26.7 Å². The lowest BCUT2D eigenvalue weighted by Gasteiger charge is -2.10. The molecule has 0 atom stereocenters. The van der Waals surface area contributed by atoms with E-state index in [1.54, 1.807) is 0 Å². The van der Waals surface area contributed by atoms with E-state index in [-0.39, 0.29) is 0 Å². The fourth-order valence-electron chi connectivity index (χ4n) is 2.77. The van der Waals surface area contributed by atoms with Crippen molar-refractivity contribution in [2.45, 2.75) is 26.7 Å². The molecule has 1 heteroatoms. The lowest BCUT2D eigenvalue weighted by Crippen LogP contribution is -1.97. The fraction of sp³-hybridized carbons (Fsp3) is 0.238. The predicted octanol–water partition coefficient (Wildman–Crippen LogP) is 6.03. The second kappa shape index (κ2) is 6.23. The van der Waals surface area contributed by atoms with Gasteiger partial charge in [-0.15, -0.1) is 0 Å². The summed E-state index contributed by atoms with van der Waals surface area (Å²) in [5.74, 6) is 0. The van der Waals surface area contributed by atoms with E-state index in [1.807, 2.05) is 6.07 Å². The highest BCUT2D eigenvalue weighted by molar-refractivity contribution is 5.68. The second-order valence-electron chi connectivity index (χ2n) is 6.23. The maximum Gasteiger partial charge on any atom is 0.0385 e. The minimum absolute atomic E-state index is 0.415. The molecule has 0 amide bonds. The van der Waals surface area contributed by atoms with Gasteiger partial charge in [0, 0.05) is 11.9 Å². The van der Waals surface area contributed by atoms with E-state index < -0.39 is 0 Å². The molecular formula is C21H23N. The quantitative estimate of drug-likeness (QED) is 0.663. The molecule has 0 radical (unpaired) electrons. The van der Waals surface area contributed by atoms with Crippen LogP contribution >= 0.6 is 0 Å². The van der Waals surface area contributed by atoms with Crippen molar-refractivity contribution < 1.29 is 0 Å². The van der Waals surface area contributed by atoms with Crippen LogP contribution in [0.5, 0.6) is 0 Å². The van der Waals surface area contributed by atoms with E-state index in [4.69, 9.17) is 0 Å². The first-order chi connectivity index (χ1) is 10.7. The number of hydrogen-bond donors (Lipinski definition) is 1. The summed E-state index contributed by atoms with van der Waals surface area (Å²) in [6.45, 7) is 4.46. The summed E-state index contributed by atoms with van der Waals surface area (Å²) in [6.07, 6.45) is 9.11. The molecule has 2 aromatic carbocycles. The van der Waals surface area contributed by atoms with E-state index in [9.17, 15) is 0 Å². The molecule has 1 saturated carbocycles. The first-order valence-corrected chi connectivity index (χ1v) is 7.97. The molecule has 3 rings (SSSR count). The average molecular weight is 289 g/mol. The molecule has 0 saturated heterocycles. The van der Waals surface area contributed by atoms with Gasteiger partial charge < -0.3 is 5.32 Å². The summed E-state index contributed by atoms with van der Waals surface area (Å²) >= 11 is 0. The number of rotatable bonds is 5. The standard InChI is InChI=1S/C21H23N/c1-3-19(21(2)13-14-21)12-15-22-20-11-7-10-18(16-20)17-8-5-4-6-9-17/h3-12,15-16,22H,13-14H2,1-2H3/b15-12-,19-3+. The molecule has 1 aliphatic carbocycles. The minimum atomic E-state index is 0.415. The largest absolute Gasteiger partial charge is 0.362 e. The van der Waals surface area contributed by atoms with Gasteiger partial charge in [-0.05, 0) is 60.1 Å². The van der Waals surface area contributed by atoms with Gasteiger partial charge in [-0.1, -0.05) is 55.5 Å². The van der Waals surface area contributed by atoms with Crippen LogP contribution < -0.4 is 5.32 Å². The van der Waals surface area contributed by atoms with Crippen molar-refractivity contribution in [2.24, 2.45) is 5.41 Å². The van der Waals surface area contributed by atoms with Crippen LogP contribution in [-0.4, -0.2) is 0 Å². The third-order valence-corrected chi connectivity index (χ3v) is 4.49. The molecule has 112 valence electrons. The number of benzene rings is 2. The van der Waals surface area contributed by atoms with Gasteiger partial charge in [0.2, 0.25) is 0 Å². The fourth-order valence-corrected chi connectivity index (χ4v) is 2.77. The lowest BCUT2D eigenvalue weighted by molar-refractivity contribution is 0.707. The van der Waals surface area contributed by atoms with Gasteiger partial charge in [-0.2, -0.15) is 0 Å². The number of hydrogen-bond acceptors (Lipinski definition) is 1. The summed E-state index contributed by atoms with van der Waals surface area (Å²) in [7, 11) is 0. The molecular weight excluding hydrogens is 266 g/mol. The topological polar surface area (TPSA) is 12.0 Å². The molecule has 0 unspecified atom stereocenters. The van der Waals surface area contributed by atoms with Gasteiger partial charge in [0.25, 0.3) is 0 Å². The zero-order chi connectivity index (χ0) is 15.4. The molecule has 0 aromatic heterocycles. The van der Waals surface area contributed by atoms with Crippen molar-refractivity contribution in [3.63, 3.8) is 0 Å². The van der Waals surface area contributed by atoms with Crippen molar-refractivity contribution in [2.75, 3.05) is 5.32 Å². The van der Waals surface area contributed by atoms with Crippen LogP contribution in [0.2, 0.25) is 0 Å². The normalized spacial score (nSPS) is 16.7. The molecule has 0 bridgehead atoms. The molecule has 1 fully saturated rings. The highest BCUT2D eigenvalue weighted by atomic mass is 14.8. The third-order valence-electron chi connectivity index (χ3n) is 4.49. The van der Waals surface area contributed by atoms with E-state index in [0.717, 1.165) is 5.69 Å². The Morgan fingerprint density at radius 2 is 1.73 bits per heavy atom. The Hall–Kier alpha value is -2.28. The van der Waals surface area contributed by atoms with E-state index in [2.05, 4.69) is 86.0 Å². The number of nitrogens with one attached hydrogen (secondary N) is 1. The Morgan fingerprint density at radius 3 is 2.41 bits per heavy atom. The second-order valence-corrected chi connectivity index (χ2v) is 6.23. The van der Waals surface area contributed by atoms with E-state index >= 15 is 0 Å². The number of anilines is 1. The first-order valence-electron chi connectivity index (χ1n) is 7.97. The molecule has 1 N–H and O–H groups in total. The number of allylic oxidation sites excluding steroid dienone is 3. The van der Waals surface area contributed by atoms with Gasteiger partial charge in [0.1, 0.15) is 0 Å². The minimum Gasteiger partial charge on any atom is -0.362 e. The summed E-state index contributed by atoms with van der Waals surface area (Å²) in [6, 6.07) is 19.0. The average Bonchev–Trinajstić information content (AvgIpc) is 3.31. The zero-order valence-corrected chi connectivity index (χ0v) is 13.3. The monoisotopic (exact) mass is 289 g/mol. The molecule has 0 aliphatic heterocycles. The van der Waals surface area contributed by atoms with Crippen molar-refractivity contribution in [1.82, 2.24) is 0 Å². The molecule has 1 nitrogen and oxygen atoms in total. The van der Waals surface area contributed by atoms with Crippen LogP contribution in [0.25, 0.3) is 11.1 Å². The van der Waals surface area contributed by atoms with Crippen molar-refractivity contribution in [3.05, 3.63) is 78.5 Å². The maximum absolute atomic E-state index is 3.40. The lowest BCUT2D eigenvalue weighted by atomic mass is 9.98. The highest BCUT2D eigenvalue weighted by Crippen LogP contribution is 2.51. The SMILES string of the molecule is C/C=C(\C=C/Nc1cccc(-c2ccccc2)c1)C1(C)CC1. The van der Waals surface area contributed by atoms with E-state index in [0.29, 0.717) is 5.41 Å². The van der Waals surface area contributed by atoms with Gasteiger partial charge in [0.05, 0.1) is 0 Å². The Bertz CT molecular complexity index is 691. The Morgan fingerprint density at radius 1 is 1.00 bits per heavy atom. The van der Waals surface area contributed by atoms with Crippen LogP contribution in [-0.2, 0) is 0 Å². The Kier molecular flexibility index (Phi) is 4.15. The van der Waals surface area contributed by atoms with Gasteiger partial charge in [0.15, 0.2) is 0 Å². The van der Waals surface area contributed by atoms with Crippen molar-refractivity contribution in [3.8, 4) is 11.1 Å². The van der Waals surface area contributed by atoms with Crippen LogP contribution in [0.3, 0.4) is 0 Å². The predicted molar refractivity (Wildman–Crippen MR) is 95.7 cm³/mol.